The van der Waals surface area contributed by atoms with E-state index in [1.807, 2.05) is 4.57 Å². The van der Waals surface area contributed by atoms with Crippen LogP contribution in [-0.4, -0.2) is 26.0 Å². The van der Waals surface area contributed by atoms with Crippen molar-refractivity contribution in [1.82, 2.24) is 14.6 Å². The highest BCUT2D eigenvalue weighted by atomic mass is 19.1. The number of imidazole rings is 1. The molecular formula is C15H11FN4O. The summed E-state index contributed by atoms with van der Waals surface area (Å²) in [7, 11) is 0. The smallest absolute Gasteiger partial charge is 0.135 e. The summed E-state index contributed by atoms with van der Waals surface area (Å²) in [5, 5.41) is 11.5. The van der Waals surface area contributed by atoms with Crippen molar-refractivity contribution in [1.29, 1.82) is 0 Å². The van der Waals surface area contributed by atoms with Gasteiger partial charge in [0.1, 0.15) is 18.2 Å². The molecule has 1 aromatic heterocycles. The van der Waals surface area contributed by atoms with Gasteiger partial charge in [-0.2, -0.15) is 0 Å². The molecule has 0 bridgehead atoms. The van der Waals surface area contributed by atoms with Crippen molar-refractivity contribution >= 4 is 11.9 Å². The van der Waals surface area contributed by atoms with Crippen molar-refractivity contribution in [2.45, 2.75) is 6.54 Å². The fraction of sp³-hybridized carbons (Fsp3) is 0.0667. The SMILES string of the molecule is ON1Cc2nccn2-c2ccc(F)cc2C1=C1C=CC=N1. The molecule has 0 amide bonds. The maximum atomic E-state index is 13.7. The van der Waals surface area contributed by atoms with Gasteiger partial charge in [0.05, 0.1) is 17.1 Å². The van der Waals surface area contributed by atoms with Crippen molar-refractivity contribution in [2.24, 2.45) is 4.99 Å². The highest BCUT2D eigenvalue weighted by Gasteiger charge is 2.25. The van der Waals surface area contributed by atoms with Crippen LogP contribution >= 0.6 is 0 Å². The van der Waals surface area contributed by atoms with Crippen molar-refractivity contribution in [3.63, 3.8) is 0 Å². The Kier molecular flexibility index (Phi) is 2.52. The lowest BCUT2D eigenvalue weighted by Gasteiger charge is -2.19. The van der Waals surface area contributed by atoms with E-state index in [0.717, 1.165) is 10.8 Å². The summed E-state index contributed by atoms with van der Waals surface area (Å²) in [6, 6.07) is 4.47. The number of aromatic nitrogens is 2. The zero-order valence-corrected chi connectivity index (χ0v) is 10.9. The fourth-order valence-corrected chi connectivity index (χ4v) is 2.64. The number of hydrogen-bond acceptors (Lipinski definition) is 4. The summed E-state index contributed by atoms with van der Waals surface area (Å²) >= 11 is 0. The van der Waals surface area contributed by atoms with Gasteiger partial charge in [-0.3, -0.25) is 10.2 Å². The molecule has 0 saturated carbocycles. The number of allylic oxidation sites excluding steroid dienone is 2. The molecule has 0 aliphatic carbocycles. The minimum atomic E-state index is -0.366. The minimum absolute atomic E-state index is 0.200. The third kappa shape index (κ3) is 1.80. The highest BCUT2D eigenvalue weighted by Crippen LogP contribution is 2.34. The van der Waals surface area contributed by atoms with Gasteiger partial charge in [-0.1, -0.05) is 0 Å². The molecule has 4 rings (SSSR count). The molecule has 0 atom stereocenters. The first kappa shape index (κ1) is 12.0. The Labute approximate surface area is 119 Å². The molecular weight excluding hydrogens is 271 g/mol. The van der Waals surface area contributed by atoms with Gasteiger partial charge in [0, 0.05) is 24.2 Å². The highest BCUT2D eigenvalue weighted by molar-refractivity contribution is 5.84. The van der Waals surface area contributed by atoms with Crippen LogP contribution in [0.5, 0.6) is 0 Å². The summed E-state index contributed by atoms with van der Waals surface area (Å²) in [6.07, 6.45) is 8.64. The number of benzene rings is 1. The summed E-state index contributed by atoms with van der Waals surface area (Å²) in [5.74, 6) is 0.307. The molecule has 2 aliphatic rings. The number of halogens is 1. The summed E-state index contributed by atoms with van der Waals surface area (Å²) in [4.78, 5) is 8.45. The molecule has 3 heterocycles. The van der Waals surface area contributed by atoms with E-state index in [2.05, 4.69) is 9.98 Å². The number of hydrogen-bond donors (Lipinski definition) is 1. The van der Waals surface area contributed by atoms with Gasteiger partial charge in [0.25, 0.3) is 0 Å². The minimum Gasteiger partial charge on any atom is -0.301 e. The van der Waals surface area contributed by atoms with E-state index in [-0.39, 0.29) is 12.4 Å². The Balaban J connectivity index is 2.06. The molecule has 0 saturated heterocycles. The monoisotopic (exact) mass is 282 g/mol. The van der Waals surface area contributed by atoms with E-state index in [1.54, 1.807) is 36.8 Å². The maximum absolute atomic E-state index is 13.7. The molecule has 1 aromatic carbocycles. The molecule has 21 heavy (non-hydrogen) atoms. The molecule has 6 heteroatoms. The van der Waals surface area contributed by atoms with Crippen LogP contribution < -0.4 is 0 Å². The molecule has 0 unspecified atom stereocenters. The van der Waals surface area contributed by atoms with E-state index in [0.29, 0.717) is 22.8 Å². The first-order chi connectivity index (χ1) is 10.2. The van der Waals surface area contributed by atoms with E-state index in [9.17, 15) is 9.60 Å². The lowest BCUT2D eigenvalue weighted by Crippen LogP contribution is -2.17. The van der Waals surface area contributed by atoms with Crippen molar-refractivity contribution in [3.8, 4) is 5.69 Å². The van der Waals surface area contributed by atoms with Crippen LogP contribution in [0.25, 0.3) is 11.4 Å². The van der Waals surface area contributed by atoms with Crippen molar-refractivity contribution < 1.29 is 9.60 Å². The summed E-state index contributed by atoms with van der Waals surface area (Å²) < 4.78 is 15.6. The van der Waals surface area contributed by atoms with Crippen molar-refractivity contribution in [3.05, 3.63) is 65.6 Å². The van der Waals surface area contributed by atoms with Gasteiger partial charge in [-0.25, -0.2) is 14.4 Å². The Hall–Kier alpha value is -2.73. The van der Waals surface area contributed by atoms with Gasteiger partial charge >= 0.3 is 0 Å². The van der Waals surface area contributed by atoms with Crippen LogP contribution in [0.4, 0.5) is 4.39 Å². The van der Waals surface area contributed by atoms with Crippen LogP contribution in [0.1, 0.15) is 11.4 Å². The molecule has 0 radical (unpaired) electrons. The maximum Gasteiger partial charge on any atom is 0.135 e. The van der Waals surface area contributed by atoms with Crippen LogP contribution in [-0.2, 0) is 6.54 Å². The number of fused-ring (bicyclic) bond motifs is 3. The third-order valence-electron chi connectivity index (χ3n) is 3.54. The normalized spacial score (nSPS) is 19.6. The Morgan fingerprint density at radius 2 is 2.19 bits per heavy atom. The Morgan fingerprint density at radius 3 is 3.00 bits per heavy atom. The summed E-state index contributed by atoms with van der Waals surface area (Å²) in [6.45, 7) is 0.200. The van der Waals surface area contributed by atoms with Crippen LogP contribution in [0.2, 0.25) is 0 Å². The van der Waals surface area contributed by atoms with Crippen LogP contribution in [0.15, 0.2) is 53.4 Å². The average molecular weight is 282 g/mol. The molecule has 0 fully saturated rings. The number of hydroxylamine groups is 2. The molecule has 5 nitrogen and oxygen atoms in total. The Morgan fingerprint density at radius 1 is 1.29 bits per heavy atom. The molecule has 0 spiro atoms. The zero-order valence-electron chi connectivity index (χ0n) is 10.9. The quantitative estimate of drug-likeness (QED) is 0.808. The summed E-state index contributed by atoms with van der Waals surface area (Å²) in [5.41, 5.74) is 2.40. The van der Waals surface area contributed by atoms with Crippen LogP contribution in [0.3, 0.4) is 0 Å². The number of nitrogens with zero attached hydrogens (tertiary/aromatic N) is 4. The van der Waals surface area contributed by atoms with Gasteiger partial charge in [-0.15, -0.1) is 0 Å². The predicted molar refractivity (Wildman–Crippen MR) is 75.4 cm³/mol. The molecule has 104 valence electrons. The number of aliphatic imine (C=N–C) groups is 1. The standard InChI is InChI=1S/C15H11FN4O/c16-10-3-4-13-11(8-10)15(12-2-1-5-17-12)20(21)9-14-18-6-7-19(13)14/h1-8,21H,9H2. The third-order valence-corrected chi connectivity index (χ3v) is 3.54. The first-order valence-electron chi connectivity index (χ1n) is 6.48. The largest absolute Gasteiger partial charge is 0.301 e. The Bertz CT molecular complexity index is 805. The zero-order chi connectivity index (χ0) is 14.4. The van der Waals surface area contributed by atoms with E-state index < -0.39 is 0 Å². The topological polar surface area (TPSA) is 53.6 Å². The van der Waals surface area contributed by atoms with Gasteiger partial charge in [0.2, 0.25) is 0 Å². The average Bonchev–Trinajstić information content (AvgIpc) is 3.10. The van der Waals surface area contributed by atoms with Crippen molar-refractivity contribution in [2.75, 3.05) is 0 Å². The van der Waals surface area contributed by atoms with Gasteiger partial charge in [-0.05, 0) is 30.4 Å². The van der Waals surface area contributed by atoms with E-state index in [4.69, 9.17) is 0 Å². The van der Waals surface area contributed by atoms with Gasteiger partial charge < -0.3 is 4.57 Å². The molecule has 2 aliphatic heterocycles. The predicted octanol–water partition coefficient (Wildman–Crippen LogP) is 2.53. The lowest BCUT2D eigenvalue weighted by atomic mass is 10.1. The van der Waals surface area contributed by atoms with Crippen LogP contribution in [0, 0.1) is 5.82 Å². The molecule has 2 aromatic rings. The van der Waals surface area contributed by atoms with E-state index >= 15 is 0 Å². The second-order valence-corrected chi connectivity index (χ2v) is 4.80. The lowest BCUT2D eigenvalue weighted by molar-refractivity contribution is -0.0374. The van der Waals surface area contributed by atoms with Gasteiger partial charge in [0.15, 0.2) is 0 Å². The second kappa shape index (κ2) is 4.39. The second-order valence-electron chi connectivity index (χ2n) is 4.80. The molecule has 1 N–H and O–H groups in total. The number of rotatable bonds is 0. The first-order valence-corrected chi connectivity index (χ1v) is 6.48. The fourth-order valence-electron chi connectivity index (χ4n) is 2.64. The van der Waals surface area contributed by atoms with E-state index in [1.165, 1.54) is 12.1 Å².